The third-order valence-corrected chi connectivity index (χ3v) is 6.09. The third-order valence-electron chi connectivity index (χ3n) is 4.88. The summed E-state index contributed by atoms with van der Waals surface area (Å²) in [7, 11) is 1.70. The zero-order chi connectivity index (χ0) is 20.2. The average molecular weight is 538 g/mol. The minimum Gasteiger partial charge on any atom is -0.386 e. The molecule has 0 saturated carbocycles. The summed E-state index contributed by atoms with van der Waals surface area (Å²) < 4.78 is 14.7. The summed E-state index contributed by atoms with van der Waals surface area (Å²) in [5, 5.41) is 19.0. The number of nitrogens with one attached hydrogen (secondary N) is 3. The summed E-state index contributed by atoms with van der Waals surface area (Å²) in [6.45, 7) is 1.01. The van der Waals surface area contributed by atoms with Crippen LogP contribution in [0.3, 0.4) is 0 Å². The van der Waals surface area contributed by atoms with Crippen molar-refractivity contribution in [2.45, 2.75) is 12.5 Å². The molecule has 0 bridgehead atoms. The SMILES string of the molecule is CN=C(NCCc1c[nH]c2ccc(F)cc12)NCC(O)c1cc2ccccc2s1.I. The van der Waals surface area contributed by atoms with Crippen LogP contribution in [0, 0.1) is 5.82 Å². The van der Waals surface area contributed by atoms with Crippen LogP contribution in [0.5, 0.6) is 0 Å². The van der Waals surface area contributed by atoms with E-state index in [2.05, 4.69) is 26.7 Å². The van der Waals surface area contributed by atoms with Gasteiger partial charge in [-0.05, 0) is 47.7 Å². The molecule has 2 aromatic heterocycles. The van der Waals surface area contributed by atoms with Gasteiger partial charge in [-0.2, -0.15) is 0 Å². The maximum atomic E-state index is 13.5. The van der Waals surface area contributed by atoms with Crippen molar-refractivity contribution >= 4 is 62.3 Å². The maximum absolute atomic E-state index is 13.5. The molecule has 1 atom stereocenters. The first kappa shape index (κ1) is 22.5. The van der Waals surface area contributed by atoms with E-state index in [0.717, 1.165) is 33.2 Å². The Labute approximate surface area is 195 Å². The minimum absolute atomic E-state index is 0. The van der Waals surface area contributed by atoms with Crippen LogP contribution in [-0.2, 0) is 6.42 Å². The lowest BCUT2D eigenvalue weighted by Gasteiger charge is -2.14. The van der Waals surface area contributed by atoms with Gasteiger partial charge < -0.3 is 20.7 Å². The maximum Gasteiger partial charge on any atom is 0.191 e. The Morgan fingerprint density at radius 1 is 1.20 bits per heavy atom. The van der Waals surface area contributed by atoms with E-state index >= 15 is 0 Å². The topological polar surface area (TPSA) is 72.4 Å². The molecular formula is C22H24FIN4OS. The molecule has 0 aliphatic carbocycles. The smallest absolute Gasteiger partial charge is 0.191 e. The fraction of sp³-hybridized carbons (Fsp3) is 0.227. The van der Waals surface area contributed by atoms with Crippen LogP contribution in [0.1, 0.15) is 16.5 Å². The first-order valence-electron chi connectivity index (χ1n) is 9.50. The van der Waals surface area contributed by atoms with E-state index in [4.69, 9.17) is 0 Å². The summed E-state index contributed by atoms with van der Waals surface area (Å²) in [5.74, 6) is 0.384. The number of hydrogen-bond acceptors (Lipinski definition) is 3. The molecule has 5 nitrogen and oxygen atoms in total. The predicted octanol–water partition coefficient (Wildman–Crippen LogP) is 4.58. The molecule has 1 unspecified atom stereocenters. The van der Waals surface area contributed by atoms with Crippen molar-refractivity contribution in [2.75, 3.05) is 20.1 Å². The Morgan fingerprint density at radius 2 is 2.03 bits per heavy atom. The summed E-state index contributed by atoms with van der Waals surface area (Å²) in [6.07, 6.45) is 2.03. The Balaban J connectivity index is 0.00000256. The molecule has 158 valence electrons. The lowest BCUT2D eigenvalue weighted by Crippen LogP contribution is -2.40. The van der Waals surface area contributed by atoms with Crippen molar-refractivity contribution in [1.82, 2.24) is 15.6 Å². The number of aliphatic hydroxyl groups is 1. The molecule has 0 spiro atoms. The predicted molar refractivity (Wildman–Crippen MR) is 134 cm³/mol. The molecule has 8 heteroatoms. The van der Waals surface area contributed by atoms with E-state index in [0.29, 0.717) is 19.0 Å². The number of fused-ring (bicyclic) bond motifs is 2. The molecule has 0 aliphatic heterocycles. The van der Waals surface area contributed by atoms with Crippen molar-refractivity contribution in [2.24, 2.45) is 4.99 Å². The number of aliphatic hydroxyl groups excluding tert-OH is 1. The zero-order valence-electron chi connectivity index (χ0n) is 16.5. The van der Waals surface area contributed by atoms with Crippen LogP contribution in [0.2, 0.25) is 0 Å². The molecule has 4 rings (SSSR count). The van der Waals surface area contributed by atoms with Gasteiger partial charge in [0.1, 0.15) is 11.9 Å². The Kier molecular flexibility index (Phi) is 7.68. The van der Waals surface area contributed by atoms with Gasteiger partial charge in [0.15, 0.2) is 5.96 Å². The quantitative estimate of drug-likeness (QED) is 0.165. The number of rotatable bonds is 6. The second-order valence-electron chi connectivity index (χ2n) is 6.84. The van der Waals surface area contributed by atoms with Gasteiger partial charge >= 0.3 is 0 Å². The number of aromatic nitrogens is 1. The van der Waals surface area contributed by atoms with E-state index in [-0.39, 0.29) is 29.8 Å². The van der Waals surface area contributed by atoms with E-state index < -0.39 is 6.10 Å². The first-order valence-corrected chi connectivity index (χ1v) is 10.3. The summed E-state index contributed by atoms with van der Waals surface area (Å²) in [4.78, 5) is 8.30. The van der Waals surface area contributed by atoms with Crippen LogP contribution in [0.25, 0.3) is 21.0 Å². The molecule has 0 amide bonds. The second kappa shape index (κ2) is 10.2. The number of thiophene rings is 1. The molecule has 0 aliphatic rings. The highest BCUT2D eigenvalue weighted by Gasteiger charge is 2.12. The molecule has 0 radical (unpaired) electrons. The van der Waals surface area contributed by atoms with Crippen LogP contribution in [0.15, 0.2) is 59.7 Å². The number of H-pyrrole nitrogens is 1. The first-order chi connectivity index (χ1) is 14.1. The average Bonchev–Trinajstić information content (AvgIpc) is 3.34. The molecule has 30 heavy (non-hydrogen) atoms. The standard InChI is InChI=1S/C22H23FN4OS.HI/c1-24-22(25-9-8-15-12-26-18-7-6-16(23)11-17(15)18)27-13-19(28)21-10-14-4-2-3-5-20(14)29-21;/h2-7,10-12,19,26,28H,8-9,13H2,1H3,(H2,24,25,27);1H. The Morgan fingerprint density at radius 3 is 2.83 bits per heavy atom. The van der Waals surface area contributed by atoms with Crippen molar-refractivity contribution in [3.63, 3.8) is 0 Å². The zero-order valence-corrected chi connectivity index (χ0v) is 19.6. The van der Waals surface area contributed by atoms with Crippen LogP contribution < -0.4 is 10.6 Å². The van der Waals surface area contributed by atoms with Crippen LogP contribution in [0.4, 0.5) is 4.39 Å². The fourth-order valence-corrected chi connectivity index (χ4v) is 4.40. The van der Waals surface area contributed by atoms with Gasteiger partial charge in [-0.25, -0.2) is 4.39 Å². The molecule has 4 N–H and O–H groups in total. The number of guanidine groups is 1. The number of nitrogens with zero attached hydrogens (tertiary/aromatic N) is 1. The number of aliphatic imine (C=N–C) groups is 1. The lowest BCUT2D eigenvalue weighted by atomic mass is 10.1. The summed E-state index contributed by atoms with van der Waals surface area (Å²) >= 11 is 1.60. The normalized spacial score (nSPS) is 12.7. The van der Waals surface area contributed by atoms with Gasteiger partial charge in [-0.3, -0.25) is 4.99 Å². The van der Waals surface area contributed by atoms with E-state index in [1.165, 1.54) is 10.8 Å². The van der Waals surface area contributed by atoms with Gasteiger partial charge in [0.05, 0.1) is 0 Å². The highest BCUT2D eigenvalue weighted by atomic mass is 127. The number of aromatic amines is 1. The summed E-state index contributed by atoms with van der Waals surface area (Å²) in [6, 6.07) is 14.9. The molecule has 0 saturated heterocycles. The van der Waals surface area contributed by atoms with E-state index in [1.54, 1.807) is 30.5 Å². The fourth-order valence-electron chi connectivity index (χ4n) is 3.35. The van der Waals surface area contributed by atoms with Crippen LogP contribution >= 0.6 is 35.3 Å². The number of hydrogen-bond donors (Lipinski definition) is 4. The van der Waals surface area contributed by atoms with E-state index in [1.807, 2.05) is 30.5 Å². The summed E-state index contributed by atoms with van der Waals surface area (Å²) in [5.41, 5.74) is 1.98. The molecule has 2 heterocycles. The van der Waals surface area contributed by atoms with Crippen molar-refractivity contribution < 1.29 is 9.50 Å². The second-order valence-corrected chi connectivity index (χ2v) is 7.95. The Bertz CT molecular complexity index is 1120. The molecular weight excluding hydrogens is 514 g/mol. The van der Waals surface area contributed by atoms with Gasteiger partial charge in [-0.15, -0.1) is 35.3 Å². The van der Waals surface area contributed by atoms with Gasteiger partial charge in [0.2, 0.25) is 0 Å². The minimum atomic E-state index is -0.609. The van der Waals surface area contributed by atoms with Gasteiger partial charge in [0, 0.05) is 46.8 Å². The van der Waals surface area contributed by atoms with Gasteiger partial charge in [-0.1, -0.05) is 18.2 Å². The molecule has 4 aromatic rings. The number of halogens is 2. The van der Waals surface area contributed by atoms with Crippen molar-refractivity contribution in [3.05, 3.63) is 71.0 Å². The third kappa shape index (κ3) is 5.11. The van der Waals surface area contributed by atoms with Gasteiger partial charge in [0.25, 0.3) is 0 Å². The van der Waals surface area contributed by atoms with Crippen molar-refractivity contribution in [3.8, 4) is 0 Å². The van der Waals surface area contributed by atoms with E-state index in [9.17, 15) is 9.50 Å². The number of benzene rings is 2. The largest absolute Gasteiger partial charge is 0.386 e. The monoisotopic (exact) mass is 538 g/mol. The Hall–Kier alpha value is -2.17. The lowest BCUT2D eigenvalue weighted by molar-refractivity contribution is 0.184. The van der Waals surface area contributed by atoms with Crippen LogP contribution in [-0.4, -0.2) is 36.2 Å². The molecule has 0 fully saturated rings. The molecule has 2 aromatic carbocycles. The highest BCUT2D eigenvalue weighted by Crippen LogP contribution is 2.29. The highest BCUT2D eigenvalue weighted by molar-refractivity contribution is 14.0. The van der Waals surface area contributed by atoms with Crippen molar-refractivity contribution in [1.29, 1.82) is 0 Å².